The fourth-order valence-electron chi connectivity index (χ4n) is 2.86. The van der Waals surface area contributed by atoms with Crippen LogP contribution in [0.25, 0.3) is 0 Å². The highest BCUT2D eigenvalue weighted by Crippen LogP contribution is 2.21. The van der Waals surface area contributed by atoms with E-state index in [1.807, 2.05) is 19.1 Å². The SMILES string of the molecule is CCCCc1nc(Cc2ccc(OC(CCC)C(=O)O)cc2)c(CO)n1Cl. The standard InChI is InChI=1S/C20H27ClN2O4/c1-3-5-7-19-22-16(17(13-24)23(19)21)12-14-8-10-15(11-9-14)27-18(6-4-2)20(25)26/h8-11,18,24H,3-7,12-13H2,1-2H3,(H,25,26). The van der Waals surface area contributed by atoms with Crippen LogP contribution < -0.4 is 4.74 Å². The summed E-state index contributed by atoms with van der Waals surface area (Å²) in [5, 5.41) is 18.8. The minimum atomic E-state index is -0.958. The number of rotatable bonds is 11. The molecule has 27 heavy (non-hydrogen) atoms. The molecule has 0 saturated carbocycles. The van der Waals surface area contributed by atoms with E-state index in [2.05, 4.69) is 11.9 Å². The molecule has 7 heteroatoms. The summed E-state index contributed by atoms with van der Waals surface area (Å²) < 4.78 is 7.02. The fourth-order valence-corrected chi connectivity index (χ4v) is 3.13. The number of aliphatic hydroxyl groups excluding tert-OH is 1. The second-order valence-corrected chi connectivity index (χ2v) is 6.86. The number of ether oxygens (including phenoxy) is 1. The molecule has 0 bridgehead atoms. The van der Waals surface area contributed by atoms with E-state index in [4.69, 9.17) is 16.5 Å². The number of hydrogen-bond donors (Lipinski definition) is 2. The predicted molar refractivity (Wildman–Crippen MR) is 104 cm³/mol. The Hall–Kier alpha value is -2.05. The van der Waals surface area contributed by atoms with Crippen molar-refractivity contribution in [1.82, 2.24) is 9.07 Å². The molecule has 0 saturated heterocycles. The zero-order valence-electron chi connectivity index (χ0n) is 15.8. The molecule has 0 aliphatic heterocycles. The third-order valence-corrected chi connectivity index (χ3v) is 4.76. The van der Waals surface area contributed by atoms with Crippen LogP contribution in [0.2, 0.25) is 0 Å². The second kappa shape index (κ2) is 10.3. The van der Waals surface area contributed by atoms with E-state index in [0.717, 1.165) is 42.8 Å². The lowest BCUT2D eigenvalue weighted by atomic mass is 10.1. The number of aromatic nitrogens is 2. The Morgan fingerprint density at radius 1 is 1.26 bits per heavy atom. The molecular weight excluding hydrogens is 368 g/mol. The van der Waals surface area contributed by atoms with Crippen molar-refractivity contribution in [2.24, 2.45) is 0 Å². The highest BCUT2D eigenvalue weighted by atomic mass is 35.5. The van der Waals surface area contributed by atoms with Gasteiger partial charge in [-0.05, 0) is 30.5 Å². The van der Waals surface area contributed by atoms with Crippen molar-refractivity contribution in [2.45, 2.75) is 65.1 Å². The van der Waals surface area contributed by atoms with Gasteiger partial charge in [-0.1, -0.05) is 38.8 Å². The van der Waals surface area contributed by atoms with Gasteiger partial charge in [-0.2, -0.15) is 0 Å². The molecular formula is C20H27ClN2O4. The van der Waals surface area contributed by atoms with Crippen molar-refractivity contribution >= 4 is 17.7 Å². The number of aliphatic carboxylic acids is 1. The summed E-state index contributed by atoms with van der Waals surface area (Å²) in [6.07, 6.45) is 3.70. The summed E-state index contributed by atoms with van der Waals surface area (Å²) in [6.45, 7) is 3.86. The first-order chi connectivity index (χ1) is 13.0. The molecule has 6 nitrogen and oxygen atoms in total. The first kappa shape index (κ1) is 21.3. The van der Waals surface area contributed by atoms with Crippen molar-refractivity contribution in [3.8, 4) is 5.75 Å². The molecule has 1 aromatic carbocycles. The maximum absolute atomic E-state index is 11.2. The Morgan fingerprint density at radius 3 is 2.52 bits per heavy atom. The van der Waals surface area contributed by atoms with E-state index < -0.39 is 12.1 Å². The van der Waals surface area contributed by atoms with Crippen molar-refractivity contribution in [3.63, 3.8) is 0 Å². The van der Waals surface area contributed by atoms with Gasteiger partial charge in [0, 0.05) is 24.6 Å². The maximum Gasteiger partial charge on any atom is 0.344 e. The number of benzene rings is 1. The van der Waals surface area contributed by atoms with E-state index in [-0.39, 0.29) is 6.61 Å². The number of halogens is 1. The molecule has 0 fully saturated rings. The monoisotopic (exact) mass is 394 g/mol. The van der Waals surface area contributed by atoms with Crippen LogP contribution >= 0.6 is 11.8 Å². The number of aliphatic hydroxyl groups is 1. The second-order valence-electron chi connectivity index (χ2n) is 6.52. The van der Waals surface area contributed by atoms with Crippen LogP contribution in [0, 0.1) is 0 Å². The number of carboxylic acid groups (broad SMARTS) is 1. The molecule has 148 valence electrons. The summed E-state index contributed by atoms with van der Waals surface area (Å²) >= 11 is 6.29. The van der Waals surface area contributed by atoms with Gasteiger partial charge in [0.2, 0.25) is 0 Å². The van der Waals surface area contributed by atoms with Crippen molar-refractivity contribution in [2.75, 3.05) is 0 Å². The zero-order chi connectivity index (χ0) is 19.8. The molecule has 2 aromatic rings. The van der Waals surface area contributed by atoms with Gasteiger partial charge in [0.1, 0.15) is 11.6 Å². The van der Waals surface area contributed by atoms with Crippen molar-refractivity contribution < 1.29 is 19.7 Å². The van der Waals surface area contributed by atoms with Gasteiger partial charge in [-0.3, -0.25) is 0 Å². The van der Waals surface area contributed by atoms with Gasteiger partial charge in [-0.25, -0.2) is 13.9 Å². The number of imidazole rings is 1. The Balaban J connectivity index is 2.11. The van der Waals surface area contributed by atoms with Crippen LogP contribution in [0.4, 0.5) is 0 Å². The molecule has 2 rings (SSSR count). The van der Waals surface area contributed by atoms with Gasteiger partial charge in [-0.15, -0.1) is 0 Å². The Kier molecular flexibility index (Phi) is 8.13. The molecule has 0 amide bonds. The molecule has 1 heterocycles. The number of hydrogen-bond acceptors (Lipinski definition) is 4. The van der Waals surface area contributed by atoms with Gasteiger partial charge < -0.3 is 14.9 Å². The molecule has 0 aliphatic rings. The highest BCUT2D eigenvalue weighted by Gasteiger charge is 2.19. The fraction of sp³-hybridized carbons (Fsp3) is 0.500. The smallest absolute Gasteiger partial charge is 0.344 e. The number of carbonyl (C=O) groups is 1. The van der Waals surface area contributed by atoms with Crippen LogP contribution in [0.15, 0.2) is 24.3 Å². The summed E-state index contributed by atoms with van der Waals surface area (Å²) in [4.78, 5) is 15.8. The third-order valence-electron chi connectivity index (χ3n) is 4.36. The summed E-state index contributed by atoms with van der Waals surface area (Å²) in [7, 11) is 0. The van der Waals surface area contributed by atoms with Crippen LogP contribution in [0.3, 0.4) is 0 Å². The van der Waals surface area contributed by atoms with Gasteiger partial charge in [0.05, 0.1) is 18.0 Å². The van der Waals surface area contributed by atoms with E-state index in [0.29, 0.717) is 24.3 Å². The molecule has 2 N–H and O–H groups in total. The summed E-state index contributed by atoms with van der Waals surface area (Å²) in [6, 6.07) is 7.27. The Morgan fingerprint density at radius 2 is 1.96 bits per heavy atom. The number of aryl methyl sites for hydroxylation is 1. The lowest BCUT2D eigenvalue weighted by Crippen LogP contribution is -2.26. The van der Waals surface area contributed by atoms with Crippen molar-refractivity contribution in [3.05, 3.63) is 47.0 Å². The third kappa shape index (κ3) is 5.71. The average molecular weight is 395 g/mol. The molecule has 0 aliphatic carbocycles. The van der Waals surface area contributed by atoms with E-state index in [9.17, 15) is 15.0 Å². The van der Waals surface area contributed by atoms with Crippen LogP contribution in [-0.4, -0.2) is 31.4 Å². The van der Waals surface area contributed by atoms with E-state index in [1.165, 1.54) is 4.09 Å². The minimum Gasteiger partial charge on any atom is -0.479 e. The zero-order valence-corrected chi connectivity index (χ0v) is 16.6. The van der Waals surface area contributed by atoms with E-state index >= 15 is 0 Å². The topological polar surface area (TPSA) is 84.6 Å². The molecule has 1 aromatic heterocycles. The lowest BCUT2D eigenvalue weighted by Gasteiger charge is -2.14. The summed E-state index contributed by atoms with van der Waals surface area (Å²) in [5.41, 5.74) is 2.34. The summed E-state index contributed by atoms with van der Waals surface area (Å²) in [5.74, 6) is 0.329. The number of carboxylic acids is 1. The first-order valence-corrected chi connectivity index (χ1v) is 9.68. The normalized spacial score (nSPS) is 12.1. The average Bonchev–Trinajstić information content (AvgIpc) is 2.95. The van der Waals surface area contributed by atoms with Crippen LogP contribution in [0.1, 0.15) is 62.3 Å². The number of unbranched alkanes of at least 4 members (excludes halogenated alkanes) is 1. The van der Waals surface area contributed by atoms with Crippen LogP contribution in [0.5, 0.6) is 5.75 Å². The van der Waals surface area contributed by atoms with Gasteiger partial charge >= 0.3 is 5.97 Å². The van der Waals surface area contributed by atoms with Crippen LogP contribution in [-0.2, 0) is 24.2 Å². The Labute approximate surface area is 164 Å². The Bertz CT molecular complexity index is 743. The van der Waals surface area contributed by atoms with Crippen molar-refractivity contribution in [1.29, 1.82) is 0 Å². The lowest BCUT2D eigenvalue weighted by molar-refractivity contribution is -0.145. The quantitative estimate of drug-likeness (QED) is 0.603. The minimum absolute atomic E-state index is 0.170. The van der Waals surface area contributed by atoms with E-state index in [1.54, 1.807) is 12.1 Å². The highest BCUT2D eigenvalue weighted by molar-refractivity contribution is 6.16. The largest absolute Gasteiger partial charge is 0.479 e. The maximum atomic E-state index is 11.2. The molecule has 0 spiro atoms. The van der Waals surface area contributed by atoms with Gasteiger partial charge in [0.15, 0.2) is 6.10 Å². The molecule has 0 radical (unpaired) electrons. The first-order valence-electron chi connectivity index (χ1n) is 9.34. The number of nitrogens with zero attached hydrogens (tertiary/aromatic N) is 2. The predicted octanol–water partition coefficient (Wildman–Crippen LogP) is 3.94. The molecule has 1 unspecified atom stereocenters. The van der Waals surface area contributed by atoms with Gasteiger partial charge in [0.25, 0.3) is 0 Å². The molecule has 1 atom stereocenters.